The van der Waals surface area contributed by atoms with Gasteiger partial charge in [0.25, 0.3) is 5.56 Å². The topological polar surface area (TPSA) is 66.9 Å². The summed E-state index contributed by atoms with van der Waals surface area (Å²) in [5.74, 6) is 0. The van der Waals surface area contributed by atoms with Gasteiger partial charge in [-0.3, -0.25) is 14.3 Å². The minimum Gasteiger partial charge on any atom is -0.384 e. The molecule has 0 unspecified atom stereocenters. The molecule has 0 saturated heterocycles. The molecule has 2 heterocycles. The Bertz CT molecular complexity index is 685. The molecule has 1 aromatic heterocycles. The molecule has 0 fully saturated rings. The molecule has 3 rings (SSSR count). The number of anilines is 1. The Labute approximate surface area is 96.7 Å². The molecular formula is C12H11N3O2. The van der Waals surface area contributed by atoms with Crippen molar-refractivity contribution in [2.75, 3.05) is 11.9 Å². The van der Waals surface area contributed by atoms with Gasteiger partial charge in [-0.15, -0.1) is 0 Å². The summed E-state index contributed by atoms with van der Waals surface area (Å²) in [5.41, 5.74) is 2.29. The standard InChI is InChI=1S/C12H11N3O2/c16-11-4-6-15(12(17)14-11)9-1-2-10-8(7-9)3-5-13-10/h1-2,4,6-7,13H,3,5H2,(H,14,16,17). The van der Waals surface area contributed by atoms with Crippen molar-refractivity contribution in [2.45, 2.75) is 6.42 Å². The van der Waals surface area contributed by atoms with Crippen LogP contribution >= 0.6 is 0 Å². The predicted molar refractivity (Wildman–Crippen MR) is 64.9 cm³/mol. The van der Waals surface area contributed by atoms with E-state index in [1.165, 1.54) is 22.4 Å². The van der Waals surface area contributed by atoms with E-state index in [2.05, 4.69) is 10.3 Å². The van der Waals surface area contributed by atoms with E-state index in [-0.39, 0.29) is 5.56 Å². The molecule has 0 spiro atoms. The first-order valence-corrected chi connectivity index (χ1v) is 5.43. The van der Waals surface area contributed by atoms with E-state index in [0.717, 1.165) is 24.3 Å². The Morgan fingerprint density at radius 1 is 1.18 bits per heavy atom. The third-order valence-electron chi connectivity index (χ3n) is 2.90. The molecule has 0 atom stereocenters. The third-order valence-corrected chi connectivity index (χ3v) is 2.90. The molecule has 1 aliphatic rings. The lowest BCUT2D eigenvalue weighted by Crippen LogP contribution is -2.27. The Morgan fingerprint density at radius 2 is 2.06 bits per heavy atom. The summed E-state index contributed by atoms with van der Waals surface area (Å²) in [7, 11) is 0. The number of fused-ring (bicyclic) bond motifs is 1. The first-order valence-electron chi connectivity index (χ1n) is 5.43. The number of benzene rings is 1. The van der Waals surface area contributed by atoms with Crippen LogP contribution in [0, 0.1) is 0 Å². The summed E-state index contributed by atoms with van der Waals surface area (Å²) in [6.45, 7) is 0.930. The molecular weight excluding hydrogens is 218 g/mol. The van der Waals surface area contributed by atoms with Crippen LogP contribution in [0.5, 0.6) is 0 Å². The highest BCUT2D eigenvalue weighted by molar-refractivity contribution is 5.59. The molecule has 1 aromatic carbocycles. The maximum Gasteiger partial charge on any atom is 0.332 e. The number of hydrogen-bond acceptors (Lipinski definition) is 3. The summed E-state index contributed by atoms with van der Waals surface area (Å²) < 4.78 is 1.43. The van der Waals surface area contributed by atoms with Crippen LogP contribution in [0.1, 0.15) is 5.56 Å². The third kappa shape index (κ3) is 1.65. The fourth-order valence-electron chi connectivity index (χ4n) is 2.06. The van der Waals surface area contributed by atoms with Crippen LogP contribution in [0.15, 0.2) is 40.1 Å². The fraction of sp³-hybridized carbons (Fsp3) is 0.167. The van der Waals surface area contributed by atoms with Gasteiger partial charge in [-0.25, -0.2) is 4.79 Å². The Hall–Kier alpha value is -2.30. The molecule has 0 bridgehead atoms. The first kappa shape index (κ1) is 9.89. The summed E-state index contributed by atoms with van der Waals surface area (Å²) in [5, 5.41) is 3.26. The van der Waals surface area contributed by atoms with E-state index < -0.39 is 5.69 Å². The molecule has 0 saturated carbocycles. The Balaban J connectivity index is 2.16. The van der Waals surface area contributed by atoms with E-state index in [1.54, 1.807) is 0 Å². The van der Waals surface area contributed by atoms with Crippen molar-refractivity contribution in [3.8, 4) is 5.69 Å². The lowest BCUT2D eigenvalue weighted by atomic mass is 10.1. The van der Waals surface area contributed by atoms with Gasteiger partial charge < -0.3 is 5.32 Å². The normalized spacial score (nSPS) is 13.2. The van der Waals surface area contributed by atoms with E-state index >= 15 is 0 Å². The SMILES string of the molecule is O=c1ccn(-c2ccc3c(c2)CCN3)c(=O)[nH]1. The van der Waals surface area contributed by atoms with Crippen molar-refractivity contribution in [1.82, 2.24) is 9.55 Å². The first-order chi connectivity index (χ1) is 8.24. The summed E-state index contributed by atoms with van der Waals surface area (Å²) in [6, 6.07) is 7.12. The van der Waals surface area contributed by atoms with Crippen LogP contribution in [0.3, 0.4) is 0 Å². The number of rotatable bonds is 1. The molecule has 86 valence electrons. The van der Waals surface area contributed by atoms with E-state index in [0.29, 0.717) is 0 Å². The summed E-state index contributed by atoms with van der Waals surface area (Å²) in [4.78, 5) is 24.9. The smallest absolute Gasteiger partial charge is 0.332 e. The second-order valence-electron chi connectivity index (χ2n) is 4.00. The van der Waals surface area contributed by atoms with Gasteiger partial charge in [0, 0.05) is 24.5 Å². The van der Waals surface area contributed by atoms with Gasteiger partial charge in [-0.05, 0) is 30.2 Å². The lowest BCUT2D eigenvalue weighted by molar-refractivity contribution is 0.894. The molecule has 5 heteroatoms. The number of aromatic amines is 1. The quantitative estimate of drug-likeness (QED) is 0.748. The highest BCUT2D eigenvalue weighted by Gasteiger charge is 2.10. The van der Waals surface area contributed by atoms with Gasteiger partial charge in [0.1, 0.15) is 0 Å². The minimum atomic E-state index is -0.414. The fourth-order valence-corrected chi connectivity index (χ4v) is 2.06. The monoisotopic (exact) mass is 229 g/mol. The molecule has 5 nitrogen and oxygen atoms in total. The highest BCUT2D eigenvalue weighted by Crippen LogP contribution is 2.23. The van der Waals surface area contributed by atoms with Crippen LogP contribution in [0.2, 0.25) is 0 Å². The molecule has 17 heavy (non-hydrogen) atoms. The van der Waals surface area contributed by atoms with Crippen molar-refractivity contribution in [3.63, 3.8) is 0 Å². The maximum atomic E-state index is 11.6. The number of nitrogens with one attached hydrogen (secondary N) is 2. The van der Waals surface area contributed by atoms with Crippen LogP contribution < -0.4 is 16.6 Å². The zero-order valence-electron chi connectivity index (χ0n) is 9.06. The Kier molecular flexibility index (Phi) is 2.11. The summed E-state index contributed by atoms with van der Waals surface area (Å²) >= 11 is 0. The van der Waals surface area contributed by atoms with E-state index in [9.17, 15) is 9.59 Å². The van der Waals surface area contributed by atoms with Gasteiger partial charge >= 0.3 is 5.69 Å². The second-order valence-corrected chi connectivity index (χ2v) is 4.00. The number of nitrogens with zero attached hydrogens (tertiary/aromatic N) is 1. The molecule has 0 amide bonds. The Morgan fingerprint density at radius 3 is 2.88 bits per heavy atom. The zero-order chi connectivity index (χ0) is 11.8. The summed E-state index contributed by atoms with van der Waals surface area (Å²) in [6.07, 6.45) is 2.45. The van der Waals surface area contributed by atoms with Crippen LogP contribution in [0.4, 0.5) is 5.69 Å². The number of hydrogen-bond donors (Lipinski definition) is 2. The molecule has 1 aliphatic heterocycles. The predicted octanol–water partition coefficient (Wildman–Crippen LogP) is 0.494. The minimum absolute atomic E-state index is 0.380. The van der Waals surface area contributed by atoms with Crippen LogP contribution in [-0.2, 0) is 6.42 Å². The molecule has 0 aliphatic carbocycles. The molecule has 2 N–H and O–H groups in total. The van der Waals surface area contributed by atoms with Gasteiger partial charge in [-0.2, -0.15) is 0 Å². The van der Waals surface area contributed by atoms with Crippen molar-refractivity contribution >= 4 is 5.69 Å². The van der Waals surface area contributed by atoms with Crippen LogP contribution in [0.25, 0.3) is 5.69 Å². The average molecular weight is 229 g/mol. The highest BCUT2D eigenvalue weighted by atomic mass is 16.2. The zero-order valence-corrected chi connectivity index (χ0v) is 9.06. The van der Waals surface area contributed by atoms with E-state index in [1.807, 2.05) is 18.2 Å². The second kappa shape index (κ2) is 3.62. The maximum absolute atomic E-state index is 11.6. The van der Waals surface area contributed by atoms with Crippen molar-refractivity contribution < 1.29 is 0 Å². The van der Waals surface area contributed by atoms with Crippen molar-refractivity contribution in [1.29, 1.82) is 0 Å². The van der Waals surface area contributed by atoms with Gasteiger partial charge in [0.2, 0.25) is 0 Å². The van der Waals surface area contributed by atoms with Gasteiger partial charge in [0.05, 0.1) is 5.69 Å². The van der Waals surface area contributed by atoms with E-state index in [4.69, 9.17) is 0 Å². The lowest BCUT2D eigenvalue weighted by Gasteiger charge is -2.06. The average Bonchev–Trinajstić information content (AvgIpc) is 2.75. The van der Waals surface area contributed by atoms with Crippen LogP contribution in [-0.4, -0.2) is 16.1 Å². The van der Waals surface area contributed by atoms with Crippen molar-refractivity contribution in [3.05, 3.63) is 56.9 Å². The van der Waals surface area contributed by atoms with Gasteiger partial charge in [-0.1, -0.05) is 0 Å². The molecule has 0 radical (unpaired) electrons. The van der Waals surface area contributed by atoms with Crippen molar-refractivity contribution in [2.24, 2.45) is 0 Å². The van der Waals surface area contributed by atoms with Gasteiger partial charge in [0.15, 0.2) is 0 Å². The largest absolute Gasteiger partial charge is 0.384 e. The number of aromatic nitrogens is 2. The number of H-pyrrole nitrogens is 1. The molecule has 2 aromatic rings.